The Morgan fingerprint density at radius 3 is 2.71 bits per heavy atom. The highest BCUT2D eigenvalue weighted by Crippen LogP contribution is 2.05. The summed E-state index contributed by atoms with van der Waals surface area (Å²) in [5, 5.41) is 0. The summed E-state index contributed by atoms with van der Waals surface area (Å²) >= 11 is 0. The predicted octanol–water partition coefficient (Wildman–Crippen LogP) is 0.267. The number of nitrogen functional groups attached to an aromatic ring is 1. The molecule has 0 bridgehead atoms. The van der Waals surface area contributed by atoms with Crippen LogP contribution in [0.5, 0.6) is 0 Å². The number of anilines is 1. The van der Waals surface area contributed by atoms with Crippen molar-refractivity contribution in [1.29, 1.82) is 0 Å². The Kier molecular flexibility index (Phi) is 3.79. The van der Waals surface area contributed by atoms with Crippen molar-refractivity contribution in [2.45, 2.75) is 13.2 Å². The number of nitrogens with zero attached hydrogens (tertiary/aromatic N) is 3. The zero-order valence-corrected chi connectivity index (χ0v) is 8.82. The maximum atomic E-state index is 5.64. The first-order valence-electron chi connectivity index (χ1n) is 4.38. The van der Waals surface area contributed by atoms with E-state index < -0.39 is 0 Å². The molecule has 0 atom stereocenters. The first kappa shape index (κ1) is 10.9. The molecule has 1 aromatic rings. The summed E-state index contributed by atoms with van der Waals surface area (Å²) in [5.74, 6) is 1.21. The van der Waals surface area contributed by atoms with Gasteiger partial charge in [0.1, 0.15) is 11.6 Å². The van der Waals surface area contributed by atoms with E-state index in [4.69, 9.17) is 10.5 Å². The Morgan fingerprint density at radius 2 is 2.14 bits per heavy atom. The van der Waals surface area contributed by atoms with Crippen molar-refractivity contribution in [3.05, 3.63) is 17.6 Å². The smallest absolute Gasteiger partial charge is 0.145 e. The standard InChI is InChI=1S/C9H16N4O/c1-13(2)5-9-11-7(6-14-3)4-8(10)12-9/h4H,5-6H2,1-3H3,(H2,10,11,12). The van der Waals surface area contributed by atoms with Crippen LogP contribution in [0.4, 0.5) is 5.82 Å². The minimum Gasteiger partial charge on any atom is -0.384 e. The van der Waals surface area contributed by atoms with E-state index in [2.05, 4.69) is 9.97 Å². The largest absolute Gasteiger partial charge is 0.384 e. The Morgan fingerprint density at radius 1 is 1.43 bits per heavy atom. The monoisotopic (exact) mass is 196 g/mol. The maximum absolute atomic E-state index is 5.64. The maximum Gasteiger partial charge on any atom is 0.145 e. The van der Waals surface area contributed by atoms with Gasteiger partial charge < -0.3 is 15.4 Å². The molecule has 0 spiro atoms. The van der Waals surface area contributed by atoms with E-state index in [9.17, 15) is 0 Å². The Balaban J connectivity index is 2.83. The van der Waals surface area contributed by atoms with Crippen LogP contribution in [-0.4, -0.2) is 36.1 Å². The molecule has 5 nitrogen and oxygen atoms in total. The summed E-state index contributed by atoms with van der Waals surface area (Å²) in [5.41, 5.74) is 6.46. The molecule has 0 aromatic carbocycles. The van der Waals surface area contributed by atoms with Crippen molar-refractivity contribution in [2.24, 2.45) is 0 Å². The molecule has 2 N–H and O–H groups in total. The van der Waals surface area contributed by atoms with E-state index >= 15 is 0 Å². The van der Waals surface area contributed by atoms with E-state index in [-0.39, 0.29) is 0 Å². The molecule has 1 aromatic heterocycles. The minimum atomic E-state index is 0.465. The van der Waals surface area contributed by atoms with Crippen LogP contribution >= 0.6 is 0 Å². The van der Waals surface area contributed by atoms with Gasteiger partial charge in [-0.05, 0) is 14.1 Å². The lowest BCUT2D eigenvalue weighted by atomic mass is 10.4. The number of ether oxygens (including phenoxy) is 1. The van der Waals surface area contributed by atoms with Crippen LogP contribution in [0.2, 0.25) is 0 Å². The Bertz CT molecular complexity index is 301. The summed E-state index contributed by atoms with van der Waals surface area (Å²) in [4.78, 5) is 10.4. The third-order valence-corrected chi connectivity index (χ3v) is 1.60. The quantitative estimate of drug-likeness (QED) is 0.748. The molecule has 0 fully saturated rings. The predicted molar refractivity (Wildman–Crippen MR) is 54.5 cm³/mol. The number of nitrogens with two attached hydrogens (primary N) is 1. The Hall–Kier alpha value is -1.20. The van der Waals surface area contributed by atoms with Crippen LogP contribution in [-0.2, 0) is 17.9 Å². The molecule has 78 valence electrons. The van der Waals surface area contributed by atoms with Crippen molar-refractivity contribution in [3.63, 3.8) is 0 Å². The highest BCUT2D eigenvalue weighted by Gasteiger charge is 2.03. The van der Waals surface area contributed by atoms with Crippen LogP contribution in [0.1, 0.15) is 11.5 Å². The highest BCUT2D eigenvalue weighted by molar-refractivity contribution is 5.29. The fraction of sp³-hybridized carbons (Fsp3) is 0.556. The summed E-state index contributed by atoms with van der Waals surface area (Å²) in [6.07, 6.45) is 0. The number of hydrogen-bond acceptors (Lipinski definition) is 5. The lowest BCUT2D eigenvalue weighted by Crippen LogP contribution is -2.15. The third-order valence-electron chi connectivity index (χ3n) is 1.60. The van der Waals surface area contributed by atoms with Crippen LogP contribution < -0.4 is 5.73 Å². The molecule has 0 saturated heterocycles. The minimum absolute atomic E-state index is 0.465. The van der Waals surface area contributed by atoms with Crippen molar-refractivity contribution < 1.29 is 4.74 Å². The molecule has 0 amide bonds. The number of aromatic nitrogens is 2. The van der Waals surface area contributed by atoms with Gasteiger partial charge in [0.25, 0.3) is 0 Å². The second kappa shape index (κ2) is 4.88. The summed E-state index contributed by atoms with van der Waals surface area (Å²) in [6, 6.07) is 1.72. The van der Waals surface area contributed by atoms with Gasteiger partial charge in [-0.25, -0.2) is 9.97 Å². The molecule has 1 rings (SSSR count). The molecule has 14 heavy (non-hydrogen) atoms. The van der Waals surface area contributed by atoms with E-state index in [1.165, 1.54) is 0 Å². The van der Waals surface area contributed by atoms with Crippen LogP contribution in [0.25, 0.3) is 0 Å². The van der Waals surface area contributed by atoms with Gasteiger partial charge in [-0.1, -0.05) is 0 Å². The van der Waals surface area contributed by atoms with Gasteiger partial charge in [-0.2, -0.15) is 0 Å². The van der Waals surface area contributed by atoms with Gasteiger partial charge in [0.15, 0.2) is 0 Å². The molecular formula is C9H16N4O. The normalized spacial score (nSPS) is 10.9. The molecule has 0 aliphatic rings. The van der Waals surface area contributed by atoms with Crippen molar-refractivity contribution in [2.75, 3.05) is 26.9 Å². The zero-order chi connectivity index (χ0) is 10.6. The lowest BCUT2D eigenvalue weighted by molar-refractivity contribution is 0.181. The third kappa shape index (κ3) is 3.27. The van der Waals surface area contributed by atoms with Crippen LogP contribution in [0.3, 0.4) is 0 Å². The zero-order valence-electron chi connectivity index (χ0n) is 8.82. The molecule has 0 unspecified atom stereocenters. The van der Waals surface area contributed by atoms with E-state index in [1.54, 1.807) is 13.2 Å². The van der Waals surface area contributed by atoms with Gasteiger partial charge in [0.05, 0.1) is 18.8 Å². The fourth-order valence-electron chi connectivity index (χ4n) is 1.15. The molecule has 1 heterocycles. The van der Waals surface area contributed by atoms with Crippen LogP contribution in [0, 0.1) is 0 Å². The fourth-order valence-corrected chi connectivity index (χ4v) is 1.15. The van der Waals surface area contributed by atoms with E-state index in [1.807, 2.05) is 19.0 Å². The van der Waals surface area contributed by atoms with Gasteiger partial charge in [0, 0.05) is 13.2 Å². The average molecular weight is 196 g/mol. The van der Waals surface area contributed by atoms with Gasteiger partial charge >= 0.3 is 0 Å². The molecular weight excluding hydrogens is 180 g/mol. The van der Waals surface area contributed by atoms with Gasteiger partial charge in [-0.15, -0.1) is 0 Å². The second-order valence-corrected chi connectivity index (χ2v) is 3.37. The lowest BCUT2D eigenvalue weighted by Gasteiger charge is -2.09. The number of rotatable bonds is 4. The van der Waals surface area contributed by atoms with E-state index in [0.29, 0.717) is 19.0 Å². The summed E-state index contributed by atoms with van der Waals surface area (Å²) in [6.45, 7) is 1.15. The first-order valence-corrected chi connectivity index (χ1v) is 4.38. The molecule has 0 saturated carbocycles. The van der Waals surface area contributed by atoms with E-state index in [0.717, 1.165) is 11.5 Å². The van der Waals surface area contributed by atoms with Crippen LogP contribution in [0.15, 0.2) is 6.07 Å². The average Bonchev–Trinajstić information content (AvgIpc) is 2.01. The molecule has 5 heteroatoms. The summed E-state index contributed by atoms with van der Waals surface area (Å²) < 4.78 is 4.98. The topological polar surface area (TPSA) is 64.3 Å². The van der Waals surface area contributed by atoms with Gasteiger partial charge in [0.2, 0.25) is 0 Å². The second-order valence-electron chi connectivity index (χ2n) is 3.37. The number of hydrogen-bond donors (Lipinski definition) is 1. The molecule has 0 radical (unpaired) electrons. The Labute approximate surface area is 83.9 Å². The first-order chi connectivity index (χ1) is 6.61. The van der Waals surface area contributed by atoms with Crippen molar-refractivity contribution in [3.8, 4) is 0 Å². The summed E-state index contributed by atoms with van der Waals surface area (Å²) in [7, 11) is 5.55. The van der Waals surface area contributed by atoms with Gasteiger partial charge in [-0.3, -0.25) is 0 Å². The molecule has 0 aliphatic carbocycles. The van der Waals surface area contributed by atoms with Crippen molar-refractivity contribution in [1.82, 2.24) is 14.9 Å². The van der Waals surface area contributed by atoms with Crippen molar-refractivity contribution >= 4 is 5.82 Å². The number of methoxy groups -OCH3 is 1. The highest BCUT2D eigenvalue weighted by atomic mass is 16.5. The molecule has 0 aliphatic heterocycles. The SMILES string of the molecule is COCc1cc(N)nc(CN(C)C)n1.